The molecule has 0 saturated carbocycles. The molecule has 0 unspecified atom stereocenters. The van der Waals surface area contributed by atoms with Crippen molar-refractivity contribution in [3.05, 3.63) is 0 Å². The summed E-state index contributed by atoms with van der Waals surface area (Å²) in [5.74, 6) is -3.03. The van der Waals surface area contributed by atoms with Crippen molar-refractivity contribution in [2.75, 3.05) is 85.1 Å². The molecule has 0 aromatic carbocycles. The summed E-state index contributed by atoms with van der Waals surface area (Å²) in [4.78, 5) is 52.0. The lowest BCUT2D eigenvalue weighted by atomic mass is 10.3. The second-order valence-corrected chi connectivity index (χ2v) is 7.33. The molecule has 0 aliphatic carbocycles. The zero-order chi connectivity index (χ0) is 22.5. The SMILES string of the molecule is CC(=O)NCCN1CCN(CC(=O)O)CCN(CC(=O)O)CCN(CC(=O)O)CC1. The van der Waals surface area contributed by atoms with Gasteiger partial charge in [-0.05, 0) is 0 Å². The van der Waals surface area contributed by atoms with E-state index >= 15 is 0 Å². The molecule has 1 aliphatic heterocycles. The Hall–Kier alpha value is -2.28. The molecular formula is C18H33N5O7. The second kappa shape index (κ2) is 13.9. The molecule has 172 valence electrons. The molecule has 1 heterocycles. The number of hydrogen-bond donors (Lipinski definition) is 4. The topological polar surface area (TPSA) is 154 Å². The second-order valence-electron chi connectivity index (χ2n) is 7.33. The van der Waals surface area contributed by atoms with Crippen LogP contribution in [0.5, 0.6) is 0 Å². The lowest BCUT2D eigenvalue weighted by Gasteiger charge is -2.33. The molecule has 30 heavy (non-hydrogen) atoms. The quantitative estimate of drug-likeness (QED) is 0.309. The Morgan fingerprint density at radius 3 is 1.20 bits per heavy atom. The van der Waals surface area contributed by atoms with Crippen molar-refractivity contribution in [2.45, 2.75) is 6.92 Å². The van der Waals surface area contributed by atoms with Crippen molar-refractivity contribution in [3.8, 4) is 0 Å². The molecule has 1 aliphatic rings. The first kappa shape index (κ1) is 25.8. The van der Waals surface area contributed by atoms with Crippen LogP contribution in [-0.2, 0) is 19.2 Å². The Bertz CT molecular complexity index is 557. The number of hydrogen-bond acceptors (Lipinski definition) is 8. The summed E-state index contributed by atoms with van der Waals surface area (Å²) in [6, 6.07) is 0. The Labute approximate surface area is 176 Å². The van der Waals surface area contributed by atoms with Crippen LogP contribution in [0.1, 0.15) is 6.92 Å². The first-order valence-corrected chi connectivity index (χ1v) is 9.95. The molecule has 0 bridgehead atoms. The van der Waals surface area contributed by atoms with E-state index in [1.807, 2.05) is 0 Å². The van der Waals surface area contributed by atoms with Crippen molar-refractivity contribution in [3.63, 3.8) is 0 Å². The largest absolute Gasteiger partial charge is 0.480 e. The summed E-state index contributed by atoms with van der Waals surface area (Å²) >= 11 is 0. The van der Waals surface area contributed by atoms with Crippen LogP contribution in [0.15, 0.2) is 0 Å². The molecule has 0 radical (unpaired) electrons. The van der Waals surface area contributed by atoms with Crippen LogP contribution in [0.25, 0.3) is 0 Å². The van der Waals surface area contributed by atoms with E-state index in [1.54, 1.807) is 14.7 Å². The molecule has 0 spiro atoms. The normalized spacial score (nSPS) is 18.8. The van der Waals surface area contributed by atoms with Crippen molar-refractivity contribution in [1.82, 2.24) is 24.9 Å². The molecule has 1 amide bonds. The minimum atomic E-state index is -0.985. The van der Waals surface area contributed by atoms with Gasteiger partial charge in [0.2, 0.25) is 5.91 Å². The number of carboxylic acid groups (broad SMARTS) is 3. The highest BCUT2D eigenvalue weighted by atomic mass is 16.4. The number of carbonyl (C=O) groups excluding carboxylic acids is 1. The summed E-state index contributed by atoms with van der Waals surface area (Å²) in [6.07, 6.45) is 0. The van der Waals surface area contributed by atoms with Gasteiger partial charge in [-0.25, -0.2) is 0 Å². The smallest absolute Gasteiger partial charge is 0.317 e. The van der Waals surface area contributed by atoms with Gasteiger partial charge in [-0.3, -0.25) is 38.8 Å². The van der Waals surface area contributed by atoms with Crippen LogP contribution in [-0.4, -0.2) is 144 Å². The van der Waals surface area contributed by atoms with Crippen molar-refractivity contribution in [1.29, 1.82) is 0 Å². The first-order chi connectivity index (χ1) is 14.2. The highest BCUT2D eigenvalue weighted by Gasteiger charge is 2.19. The van der Waals surface area contributed by atoms with Gasteiger partial charge in [-0.1, -0.05) is 0 Å². The number of carboxylic acids is 3. The predicted octanol–water partition coefficient (Wildman–Crippen LogP) is -2.40. The molecule has 12 heteroatoms. The van der Waals surface area contributed by atoms with Crippen molar-refractivity contribution < 1.29 is 34.5 Å². The summed E-state index contributed by atoms with van der Waals surface area (Å²) in [6.45, 7) is 5.49. The molecule has 12 nitrogen and oxygen atoms in total. The molecule has 0 aromatic heterocycles. The summed E-state index contributed by atoms with van der Waals surface area (Å²) in [5.41, 5.74) is 0. The molecule has 1 rings (SSSR count). The maximum Gasteiger partial charge on any atom is 0.317 e. The standard InChI is InChI=1S/C18H33N5O7/c1-15(24)19-2-3-20-4-6-21(12-16(25)26)8-10-23(14-18(29)30)11-9-22(7-5-20)13-17(27)28/h2-14H2,1H3,(H,19,24)(H,25,26)(H,27,28)(H,29,30). The Morgan fingerprint density at radius 1 is 0.633 bits per heavy atom. The van der Waals surface area contributed by atoms with Crippen LogP contribution in [0.3, 0.4) is 0 Å². The van der Waals surface area contributed by atoms with Gasteiger partial charge in [0.1, 0.15) is 0 Å². The van der Waals surface area contributed by atoms with Crippen LogP contribution in [0.2, 0.25) is 0 Å². The van der Waals surface area contributed by atoms with Gasteiger partial charge >= 0.3 is 17.9 Å². The number of amides is 1. The lowest BCUT2D eigenvalue weighted by Crippen LogP contribution is -2.49. The molecule has 4 N–H and O–H groups in total. The third-order valence-corrected chi connectivity index (χ3v) is 4.81. The van der Waals surface area contributed by atoms with Gasteiger partial charge < -0.3 is 20.6 Å². The fraction of sp³-hybridized carbons (Fsp3) is 0.778. The Kier molecular flexibility index (Phi) is 11.9. The zero-order valence-corrected chi connectivity index (χ0v) is 17.5. The van der Waals surface area contributed by atoms with E-state index in [1.165, 1.54) is 6.92 Å². The van der Waals surface area contributed by atoms with Crippen LogP contribution in [0, 0.1) is 0 Å². The highest BCUT2D eigenvalue weighted by molar-refractivity contribution is 5.72. The van der Waals surface area contributed by atoms with Crippen LogP contribution >= 0.6 is 0 Å². The van der Waals surface area contributed by atoms with Crippen LogP contribution < -0.4 is 5.32 Å². The van der Waals surface area contributed by atoms with Crippen LogP contribution in [0.4, 0.5) is 0 Å². The minimum Gasteiger partial charge on any atom is -0.480 e. The fourth-order valence-corrected chi connectivity index (χ4v) is 3.24. The van der Waals surface area contributed by atoms with Gasteiger partial charge in [0.15, 0.2) is 0 Å². The third kappa shape index (κ3) is 12.3. The summed E-state index contributed by atoms with van der Waals surface area (Å²) in [7, 11) is 0. The van der Waals surface area contributed by atoms with Gasteiger partial charge in [0, 0.05) is 72.4 Å². The van der Waals surface area contributed by atoms with E-state index in [9.17, 15) is 29.4 Å². The minimum absolute atomic E-state index is 0.136. The van der Waals surface area contributed by atoms with Gasteiger partial charge in [-0.15, -0.1) is 0 Å². The monoisotopic (exact) mass is 431 g/mol. The van der Waals surface area contributed by atoms with E-state index in [2.05, 4.69) is 10.2 Å². The molecule has 0 aromatic rings. The number of nitrogens with one attached hydrogen (secondary N) is 1. The van der Waals surface area contributed by atoms with E-state index < -0.39 is 17.9 Å². The number of rotatable bonds is 9. The van der Waals surface area contributed by atoms with Gasteiger partial charge in [0.05, 0.1) is 19.6 Å². The maximum absolute atomic E-state index is 11.2. The Balaban J connectivity index is 2.87. The average molecular weight is 431 g/mol. The van der Waals surface area contributed by atoms with E-state index in [4.69, 9.17) is 5.11 Å². The third-order valence-electron chi connectivity index (χ3n) is 4.81. The first-order valence-electron chi connectivity index (χ1n) is 9.95. The van der Waals surface area contributed by atoms with Crippen molar-refractivity contribution >= 4 is 23.8 Å². The zero-order valence-electron chi connectivity index (χ0n) is 17.5. The van der Waals surface area contributed by atoms with E-state index in [0.29, 0.717) is 65.4 Å². The Morgan fingerprint density at radius 2 is 0.933 bits per heavy atom. The molecular weight excluding hydrogens is 398 g/mol. The predicted molar refractivity (Wildman–Crippen MR) is 107 cm³/mol. The van der Waals surface area contributed by atoms with Gasteiger partial charge in [0.25, 0.3) is 0 Å². The number of aliphatic carboxylic acids is 3. The summed E-state index contributed by atoms with van der Waals surface area (Å²) < 4.78 is 0. The fourth-order valence-electron chi connectivity index (χ4n) is 3.24. The van der Waals surface area contributed by atoms with Gasteiger partial charge in [-0.2, -0.15) is 0 Å². The van der Waals surface area contributed by atoms with Crippen molar-refractivity contribution in [2.24, 2.45) is 0 Å². The van der Waals surface area contributed by atoms with E-state index in [0.717, 1.165) is 0 Å². The van der Waals surface area contributed by atoms with E-state index in [-0.39, 0.29) is 25.5 Å². The lowest BCUT2D eigenvalue weighted by molar-refractivity contribution is -0.140. The number of carbonyl (C=O) groups is 4. The highest BCUT2D eigenvalue weighted by Crippen LogP contribution is 2.01. The maximum atomic E-state index is 11.2. The molecule has 0 atom stereocenters. The summed E-state index contributed by atoms with van der Waals surface area (Å²) in [5, 5.41) is 30.2. The molecule has 1 fully saturated rings. The number of nitrogens with zero attached hydrogens (tertiary/aromatic N) is 4. The molecule has 1 saturated heterocycles. The average Bonchev–Trinajstić information content (AvgIpc) is 2.62.